The fourth-order valence-electron chi connectivity index (χ4n) is 1.44. The predicted molar refractivity (Wildman–Crippen MR) is 63.6 cm³/mol. The van der Waals surface area contributed by atoms with Gasteiger partial charge in [0.1, 0.15) is 5.82 Å². The van der Waals surface area contributed by atoms with Gasteiger partial charge in [0.15, 0.2) is 0 Å². The number of benzene rings is 1. The summed E-state index contributed by atoms with van der Waals surface area (Å²) in [6.07, 6.45) is 3.41. The number of hydrogen-bond donors (Lipinski definition) is 2. The van der Waals surface area contributed by atoms with Gasteiger partial charge in [-0.1, -0.05) is 19.8 Å². The Morgan fingerprint density at radius 1 is 1.38 bits per heavy atom. The number of hydrogen-bond acceptors (Lipinski definition) is 2. The quantitative estimate of drug-likeness (QED) is 0.596. The van der Waals surface area contributed by atoms with Crippen molar-refractivity contribution in [2.45, 2.75) is 32.6 Å². The lowest BCUT2D eigenvalue weighted by molar-refractivity contribution is -0.116. The minimum Gasteiger partial charge on any atom is -0.399 e. The van der Waals surface area contributed by atoms with E-state index >= 15 is 0 Å². The Balaban J connectivity index is 2.49. The molecular formula is C12H17FN2O. The lowest BCUT2D eigenvalue weighted by Crippen LogP contribution is -2.11. The zero-order valence-electron chi connectivity index (χ0n) is 9.42. The average Bonchev–Trinajstić information content (AvgIpc) is 2.16. The Morgan fingerprint density at radius 3 is 2.75 bits per heavy atom. The van der Waals surface area contributed by atoms with Crippen LogP contribution in [0.15, 0.2) is 18.2 Å². The van der Waals surface area contributed by atoms with Crippen molar-refractivity contribution < 1.29 is 9.18 Å². The molecule has 3 nitrogen and oxygen atoms in total. The van der Waals surface area contributed by atoms with Crippen molar-refractivity contribution in [2.24, 2.45) is 0 Å². The van der Waals surface area contributed by atoms with Crippen molar-refractivity contribution in [3.63, 3.8) is 0 Å². The first kappa shape index (κ1) is 12.5. The molecule has 1 rings (SSSR count). The number of carbonyl (C=O) groups excluding carboxylic acids is 1. The van der Waals surface area contributed by atoms with Crippen LogP contribution in [0.1, 0.15) is 32.6 Å². The molecule has 0 radical (unpaired) electrons. The van der Waals surface area contributed by atoms with Crippen LogP contribution in [0.4, 0.5) is 15.8 Å². The van der Waals surface area contributed by atoms with Gasteiger partial charge in [-0.15, -0.1) is 0 Å². The Labute approximate surface area is 94.8 Å². The van der Waals surface area contributed by atoms with Crippen LogP contribution in [0.25, 0.3) is 0 Å². The Bertz CT molecular complexity index is 346. The highest BCUT2D eigenvalue weighted by atomic mass is 19.1. The van der Waals surface area contributed by atoms with E-state index in [0.717, 1.165) is 19.3 Å². The van der Waals surface area contributed by atoms with Crippen molar-refractivity contribution in [1.29, 1.82) is 0 Å². The Kier molecular flexibility index (Phi) is 4.76. The number of carbonyl (C=O) groups is 1. The van der Waals surface area contributed by atoms with Gasteiger partial charge in [0.25, 0.3) is 0 Å². The smallest absolute Gasteiger partial charge is 0.224 e. The van der Waals surface area contributed by atoms with Crippen molar-refractivity contribution >= 4 is 17.3 Å². The van der Waals surface area contributed by atoms with Crippen LogP contribution in [0.2, 0.25) is 0 Å². The summed E-state index contributed by atoms with van der Waals surface area (Å²) < 4.78 is 13.0. The van der Waals surface area contributed by atoms with Crippen LogP contribution in [-0.2, 0) is 4.79 Å². The van der Waals surface area contributed by atoms with Crippen LogP contribution < -0.4 is 11.1 Å². The maximum Gasteiger partial charge on any atom is 0.224 e. The number of amides is 1. The van der Waals surface area contributed by atoms with Crippen LogP contribution in [0.5, 0.6) is 0 Å². The summed E-state index contributed by atoms with van der Waals surface area (Å²) in [4.78, 5) is 11.4. The van der Waals surface area contributed by atoms with Crippen molar-refractivity contribution in [2.75, 3.05) is 11.1 Å². The normalized spacial score (nSPS) is 10.1. The number of rotatable bonds is 5. The third-order valence-corrected chi connectivity index (χ3v) is 2.21. The molecule has 88 valence electrons. The summed E-state index contributed by atoms with van der Waals surface area (Å²) in [5.74, 6) is -0.540. The molecule has 0 fully saturated rings. The van der Waals surface area contributed by atoms with E-state index in [-0.39, 0.29) is 5.91 Å². The zero-order chi connectivity index (χ0) is 12.0. The van der Waals surface area contributed by atoms with Gasteiger partial charge in [-0.2, -0.15) is 0 Å². The molecule has 0 aliphatic rings. The maximum atomic E-state index is 13.0. The SMILES string of the molecule is CCCCCC(=O)Nc1cc(N)cc(F)c1. The molecule has 0 heterocycles. The molecule has 0 atom stereocenters. The van der Waals surface area contributed by atoms with Gasteiger partial charge in [0.05, 0.1) is 0 Å². The molecule has 0 saturated heterocycles. The first-order valence-electron chi connectivity index (χ1n) is 5.47. The molecule has 1 aromatic rings. The second-order valence-corrected chi connectivity index (χ2v) is 3.78. The second-order valence-electron chi connectivity index (χ2n) is 3.78. The van der Waals surface area contributed by atoms with Gasteiger partial charge in [0, 0.05) is 17.8 Å². The number of halogens is 1. The van der Waals surface area contributed by atoms with E-state index in [0.29, 0.717) is 17.8 Å². The standard InChI is InChI=1S/C12H17FN2O/c1-2-3-4-5-12(16)15-11-7-9(13)6-10(14)8-11/h6-8H,2-5,14H2,1H3,(H,15,16). The fourth-order valence-corrected chi connectivity index (χ4v) is 1.44. The number of anilines is 2. The van der Waals surface area contributed by atoms with E-state index in [4.69, 9.17) is 5.73 Å². The molecule has 0 bridgehead atoms. The van der Waals surface area contributed by atoms with E-state index in [9.17, 15) is 9.18 Å². The lowest BCUT2D eigenvalue weighted by atomic mass is 10.2. The molecule has 1 amide bonds. The lowest BCUT2D eigenvalue weighted by Gasteiger charge is -2.06. The molecule has 0 unspecified atom stereocenters. The third-order valence-electron chi connectivity index (χ3n) is 2.21. The molecule has 0 spiro atoms. The summed E-state index contributed by atoms with van der Waals surface area (Å²) in [5.41, 5.74) is 6.19. The number of nitrogens with one attached hydrogen (secondary N) is 1. The summed E-state index contributed by atoms with van der Waals surface area (Å²) in [6, 6.07) is 4.02. The van der Waals surface area contributed by atoms with Crippen molar-refractivity contribution in [1.82, 2.24) is 0 Å². The summed E-state index contributed by atoms with van der Waals surface area (Å²) >= 11 is 0. The van der Waals surface area contributed by atoms with E-state index in [1.165, 1.54) is 12.1 Å². The van der Waals surface area contributed by atoms with Gasteiger partial charge < -0.3 is 11.1 Å². The van der Waals surface area contributed by atoms with Gasteiger partial charge in [-0.05, 0) is 24.6 Å². The minimum absolute atomic E-state index is 0.0987. The summed E-state index contributed by atoms with van der Waals surface area (Å²) in [6.45, 7) is 2.07. The molecule has 0 aliphatic heterocycles. The van der Waals surface area contributed by atoms with Crippen molar-refractivity contribution in [3.8, 4) is 0 Å². The number of nitrogens with two attached hydrogens (primary N) is 1. The summed E-state index contributed by atoms with van der Waals surface area (Å²) in [7, 11) is 0. The van der Waals surface area contributed by atoms with Crippen LogP contribution in [-0.4, -0.2) is 5.91 Å². The van der Waals surface area contributed by atoms with Crippen LogP contribution >= 0.6 is 0 Å². The number of unbranched alkanes of at least 4 members (excludes halogenated alkanes) is 2. The van der Waals surface area contributed by atoms with Gasteiger partial charge >= 0.3 is 0 Å². The van der Waals surface area contributed by atoms with Gasteiger partial charge in [0.2, 0.25) is 5.91 Å². The molecule has 0 saturated carbocycles. The van der Waals surface area contributed by atoms with Gasteiger partial charge in [-0.25, -0.2) is 4.39 Å². The molecule has 0 aliphatic carbocycles. The minimum atomic E-state index is -0.441. The zero-order valence-corrected chi connectivity index (χ0v) is 9.42. The van der Waals surface area contributed by atoms with Crippen molar-refractivity contribution in [3.05, 3.63) is 24.0 Å². The van der Waals surface area contributed by atoms with E-state index in [2.05, 4.69) is 12.2 Å². The summed E-state index contributed by atoms with van der Waals surface area (Å²) in [5, 5.41) is 2.62. The molecule has 16 heavy (non-hydrogen) atoms. The second kappa shape index (κ2) is 6.10. The first-order chi connectivity index (χ1) is 7.61. The molecule has 4 heteroatoms. The van der Waals surface area contributed by atoms with Crippen LogP contribution in [0.3, 0.4) is 0 Å². The first-order valence-corrected chi connectivity index (χ1v) is 5.47. The Morgan fingerprint density at radius 2 is 2.12 bits per heavy atom. The van der Waals surface area contributed by atoms with E-state index in [1.54, 1.807) is 6.07 Å². The largest absolute Gasteiger partial charge is 0.399 e. The maximum absolute atomic E-state index is 13.0. The fraction of sp³-hybridized carbons (Fsp3) is 0.417. The monoisotopic (exact) mass is 224 g/mol. The molecule has 0 aromatic heterocycles. The molecular weight excluding hydrogens is 207 g/mol. The Hall–Kier alpha value is -1.58. The van der Waals surface area contributed by atoms with E-state index in [1.807, 2.05) is 0 Å². The topological polar surface area (TPSA) is 55.1 Å². The highest BCUT2D eigenvalue weighted by molar-refractivity contribution is 5.91. The number of nitrogen functional groups attached to an aromatic ring is 1. The van der Waals surface area contributed by atoms with Gasteiger partial charge in [-0.3, -0.25) is 4.79 Å². The highest BCUT2D eigenvalue weighted by Crippen LogP contribution is 2.15. The molecule has 1 aromatic carbocycles. The molecule has 3 N–H and O–H groups in total. The van der Waals surface area contributed by atoms with Crippen LogP contribution in [0, 0.1) is 5.82 Å². The van der Waals surface area contributed by atoms with E-state index < -0.39 is 5.82 Å². The average molecular weight is 224 g/mol. The predicted octanol–water partition coefficient (Wildman–Crippen LogP) is 2.93. The highest BCUT2D eigenvalue weighted by Gasteiger charge is 2.03. The third kappa shape index (κ3) is 4.29.